The predicted octanol–water partition coefficient (Wildman–Crippen LogP) is 2.77. The summed E-state index contributed by atoms with van der Waals surface area (Å²) in [7, 11) is 4.00. The minimum atomic E-state index is 0.977. The van der Waals surface area contributed by atoms with Crippen LogP contribution >= 0.6 is 0 Å². The number of benzene rings is 1. The number of rotatable bonds is 4. The second-order valence-corrected chi connectivity index (χ2v) is 5.27. The number of aryl methyl sites for hydroxylation is 4. The molecule has 0 spiro atoms. The zero-order chi connectivity index (χ0) is 14.0. The van der Waals surface area contributed by atoms with Crippen molar-refractivity contribution in [1.29, 1.82) is 0 Å². The predicted molar refractivity (Wildman–Crippen MR) is 80.5 cm³/mol. The lowest BCUT2D eigenvalue weighted by atomic mass is 9.97. The van der Waals surface area contributed by atoms with E-state index in [4.69, 9.17) is 0 Å². The van der Waals surface area contributed by atoms with Crippen LogP contribution in [0.2, 0.25) is 0 Å². The van der Waals surface area contributed by atoms with Gasteiger partial charge in [0.05, 0.1) is 5.69 Å². The van der Waals surface area contributed by atoms with Gasteiger partial charge in [0, 0.05) is 31.3 Å². The van der Waals surface area contributed by atoms with Gasteiger partial charge in [0.1, 0.15) is 0 Å². The van der Waals surface area contributed by atoms with E-state index in [1.165, 1.54) is 27.9 Å². The average Bonchev–Trinajstić information content (AvgIpc) is 2.66. The molecule has 1 heterocycles. The lowest BCUT2D eigenvalue weighted by Crippen LogP contribution is -2.12. The summed E-state index contributed by atoms with van der Waals surface area (Å²) >= 11 is 0. The molecule has 2 rings (SSSR count). The standard InChI is InChI=1S/C16H23N3/c1-11-8-12(2)16(13(3)9-11)15-10-14(6-7-17-4)19(5)18-15/h8-10,17H,6-7H2,1-5H3. The van der Waals surface area contributed by atoms with E-state index in [-0.39, 0.29) is 0 Å². The second kappa shape index (κ2) is 5.57. The minimum Gasteiger partial charge on any atom is -0.319 e. The summed E-state index contributed by atoms with van der Waals surface area (Å²) in [5.41, 5.74) is 7.54. The fraction of sp³-hybridized carbons (Fsp3) is 0.438. The lowest BCUT2D eigenvalue weighted by molar-refractivity contribution is 0.682. The highest BCUT2D eigenvalue weighted by molar-refractivity contribution is 5.68. The molecule has 0 bridgehead atoms. The number of nitrogens with zero attached hydrogens (tertiary/aromatic N) is 2. The van der Waals surface area contributed by atoms with Crippen molar-refractivity contribution >= 4 is 0 Å². The van der Waals surface area contributed by atoms with Gasteiger partial charge >= 0.3 is 0 Å². The highest BCUT2D eigenvalue weighted by atomic mass is 15.3. The Balaban J connectivity index is 2.42. The molecule has 19 heavy (non-hydrogen) atoms. The van der Waals surface area contributed by atoms with Crippen LogP contribution in [0.5, 0.6) is 0 Å². The van der Waals surface area contributed by atoms with Crippen LogP contribution in [0.25, 0.3) is 11.3 Å². The summed E-state index contributed by atoms with van der Waals surface area (Å²) in [6.45, 7) is 7.44. The molecule has 0 saturated carbocycles. The highest BCUT2D eigenvalue weighted by Crippen LogP contribution is 2.27. The molecule has 1 aromatic heterocycles. The minimum absolute atomic E-state index is 0.977. The summed E-state index contributed by atoms with van der Waals surface area (Å²) in [6.07, 6.45) is 1.00. The Hall–Kier alpha value is -1.61. The number of hydrogen-bond donors (Lipinski definition) is 1. The summed E-state index contributed by atoms with van der Waals surface area (Å²) in [5, 5.41) is 7.86. The molecule has 0 saturated heterocycles. The molecule has 0 aliphatic heterocycles. The van der Waals surface area contributed by atoms with Crippen molar-refractivity contribution < 1.29 is 0 Å². The van der Waals surface area contributed by atoms with Crippen molar-refractivity contribution in [3.63, 3.8) is 0 Å². The molecule has 0 aliphatic carbocycles. The molecule has 0 radical (unpaired) electrons. The number of hydrogen-bond acceptors (Lipinski definition) is 2. The highest BCUT2D eigenvalue weighted by Gasteiger charge is 2.12. The Morgan fingerprint density at radius 3 is 2.32 bits per heavy atom. The van der Waals surface area contributed by atoms with Gasteiger partial charge < -0.3 is 5.32 Å². The molecule has 2 aromatic rings. The van der Waals surface area contributed by atoms with Gasteiger partial charge in [-0.3, -0.25) is 4.68 Å². The van der Waals surface area contributed by atoms with Gasteiger partial charge in [-0.1, -0.05) is 17.7 Å². The Kier molecular flexibility index (Phi) is 4.05. The van der Waals surface area contributed by atoms with Crippen LogP contribution in [0, 0.1) is 20.8 Å². The zero-order valence-corrected chi connectivity index (χ0v) is 12.5. The van der Waals surface area contributed by atoms with E-state index < -0.39 is 0 Å². The molecule has 0 amide bonds. The van der Waals surface area contributed by atoms with E-state index in [0.717, 1.165) is 18.7 Å². The van der Waals surface area contributed by atoms with Gasteiger partial charge in [-0.15, -0.1) is 0 Å². The molecule has 102 valence electrons. The summed E-state index contributed by atoms with van der Waals surface area (Å²) in [4.78, 5) is 0. The third-order valence-corrected chi connectivity index (χ3v) is 3.54. The zero-order valence-electron chi connectivity index (χ0n) is 12.5. The van der Waals surface area contributed by atoms with Crippen LogP contribution in [0.1, 0.15) is 22.4 Å². The van der Waals surface area contributed by atoms with Crippen molar-refractivity contribution in [2.75, 3.05) is 13.6 Å². The van der Waals surface area contributed by atoms with Gasteiger partial charge in [-0.2, -0.15) is 5.10 Å². The van der Waals surface area contributed by atoms with Crippen LogP contribution in [-0.2, 0) is 13.5 Å². The first-order chi connectivity index (χ1) is 9.02. The maximum Gasteiger partial charge on any atom is 0.0931 e. The number of likely N-dealkylation sites (N-methyl/N-ethyl adjacent to an activating group) is 1. The molecule has 0 fully saturated rings. The number of aromatic nitrogens is 2. The van der Waals surface area contributed by atoms with E-state index in [0.29, 0.717) is 0 Å². The van der Waals surface area contributed by atoms with Crippen molar-refractivity contribution in [3.05, 3.63) is 40.6 Å². The smallest absolute Gasteiger partial charge is 0.0931 e. The monoisotopic (exact) mass is 257 g/mol. The fourth-order valence-electron chi connectivity index (χ4n) is 2.70. The quantitative estimate of drug-likeness (QED) is 0.912. The summed E-state index contributed by atoms with van der Waals surface area (Å²) in [5.74, 6) is 0. The Morgan fingerprint density at radius 2 is 1.74 bits per heavy atom. The summed E-state index contributed by atoms with van der Waals surface area (Å²) in [6, 6.07) is 6.66. The third-order valence-electron chi connectivity index (χ3n) is 3.54. The van der Waals surface area contributed by atoms with Crippen LogP contribution in [0.3, 0.4) is 0 Å². The SMILES string of the molecule is CNCCc1cc(-c2c(C)cc(C)cc2C)nn1C. The van der Waals surface area contributed by atoms with Crippen molar-refractivity contribution in [2.24, 2.45) is 7.05 Å². The second-order valence-electron chi connectivity index (χ2n) is 5.27. The van der Waals surface area contributed by atoms with Crippen molar-refractivity contribution in [3.8, 4) is 11.3 Å². The van der Waals surface area contributed by atoms with Crippen LogP contribution < -0.4 is 5.32 Å². The van der Waals surface area contributed by atoms with Gasteiger partial charge in [-0.25, -0.2) is 0 Å². The largest absolute Gasteiger partial charge is 0.319 e. The topological polar surface area (TPSA) is 29.9 Å². The van der Waals surface area contributed by atoms with Gasteiger partial charge in [-0.05, 0) is 45.0 Å². The van der Waals surface area contributed by atoms with Crippen LogP contribution in [-0.4, -0.2) is 23.4 Å². The van der Waals surface area contributed by atoms with Crippen LogP contribution in [0.15, 0.2) is 18.2 Å². The van der Waals surface area contributed by atoms with Gasteiger partial charge in [0.2, 0.25) is 0 Å². The van der Waals surface area contributed by atoms with Crippen LogP contribution in [0.4, 0.5) is 0 Å². The van der Waals surface area contributed by atoms with E-state index in [9.17, 15) is 0 Å². The molecule has 3 heteroatoms. The number of nitrogens with one attached hydrogen (secondary N) is 1. The first kappa shape index (κ1) is 13.8. The van der Waals surface area contributed by atoms with Crippen molar-refractivity contribution in [2.45, 2.75) is 27.2 Å². The molecular weight excluding hydrogens is 234 g/mol. The average molecular weight is 257 g/mol. The summed E-state index contributed by atoms with van der Waals surface area (Å²) < 4.78 is 1.99. The first-order valence-corrected chi connectivity index (χ1v) is 6.78. The third kappa shape index (κ3) is 2.87. The molecule has 0 unspecified atom stereocenters. The molecule has 0 aliphatic rings. The Labute approximate surface area is 115 Å². The fourth-order valence-corrected chi connectivity index (χ4v) is 2.70. The first-order valence-electron chi connectivity index (χ1n) is 6.78. The van der Waals surface area contributed by atoms with E-state index >= 15 is 0 Å². The normalized spacial score (nSPS) is 11.0. The van der Waals surface area contributed by atoms with E-state index in [2.05, 4.69) is 49.4 Å². The Bertz CT molecular complexity index is 559. The maximum absolute atomic E-state index is 4.67. The molecule has 0 atom stereocenters. The van der Waals surface area contributed by atoms with Gasteiger partial charge in [0.25, 0.3) is 0 Å². The molecule has 3 nitrogen and oxygen atoms in total. The van der Waals surface area contributed by atoms with E-state index in [1.807, 2.05) is 18.8 Å². The van der Waals surface area contributed by atoms with Crippen molar-refractivity contribution in [1.82, 2.24) is 15.1 Å². The lowest BCUT2D eigenvalue weighted by Gasteiger charge is -2.08. The maximum atomic E-state index is 4.67. The van der Waals surface area contributed by atoms with E-state index in [1.54, 1.807) is 0 Å². The molecular formula is C16H23N3. The molecule has 1 aromatic carbocycles. The van der Waals surface area contributed by atoms with Gasteiger partial charge in [0.15, 0.2) is 0 Å². The Morgan fingerprint density at radius 1 is 1.11 bits per heavy atom. The molecule has 1 N–H and O–H groups in total.